The number of carbonyl (C=O) groups is 1. The second-order valence-corrected chi connectivity index (χ2v) is 11.7. The number of hydrogen-bond acceptors (Lipinski definition) is 10. The molecule has 6 atom stereocenters. The van der Waals surface area contributed by atoms with Gasteiger partial charge in [0.1, 0.15) is 23.7 Å². The molecule has 0 bridgehead atoms. The topological polar surface area (TPSA) is 172 Å². The maximum atomic E-state index is 15.6. The van der Waals surface area contributed by atoms with E-state index in [0.717, 1.165) is 10.9 Å². The number of ketones is 1. The summed E-state index contributed by atoms with van der Waals surface area (Å²) in [7, 11) is -3.95. The van der Waals surface area contributed by atoms with Crippen molar-refractivity contribution in [1.29, 1.82) is 0 Å². The summed E-state index contributed by atoms with van der Waals surface area (Å²) < 4.78 is 44.7. The van der Waals surface area contributed by atoms with Crippen LogP contribution in [0.3, 0.4) is 0 Å². The number of hydrogen-bond donors (Lipinski definition) is 3. The minimum atomic E-state index is -3.95. The Kier molecular flexibility index (Phi) is 7.35. The van der Waals surface area contributed by atoms with E-state index >= 15 is 4.39 Å². The fraction of sp³-hybridized carbons (Fsp3) is 0.429. The number of para-hydroxylation sites is 1. The van der Waals surface area contributed by atoms with Gasteiger partial charge in [0.05, 0.1) is 19.1 Å². The minimum Gasteiger partial charge on any atom is -0.424 e. The number of aromatic amines is 1. The molecule has 0 radical (unpaired) electrons. The molecule has 0 saturated carbocycles. The van der Waals surface area contributed by atoms with Gasteiger partial charge in [-0.15, -0.1) is 0 Å². The molecule has 1 fully saturated rings. The van der Waals surface area contributed by atoms with Gasteiger partial charge in [0.15, 0.2) is 17.4 Å². The number of fused-ring (bicyclic) bond motifs is 1. The van der Waals surface area contributed by atoms with Crippen LogP contribution < -0.4 is 15.8 Å². The molecule has 1 aliphatic heterocycles. The zero-order valence-electron chi connectivity index (χ0n) is 19.2. The van der Waals surface area contributed by atoms with Crippen molar-refractivity contribution in [2.45, 2.75) is 36.9 Å². The summed E-state index contributed by atoms with van der Waals surface area (Å²) in [6.07, 6.45) is -3.77. The first kappa shape index (κ1) is 26.4. The molecular formula is C21H24BrFN5O7P. The number of ether oxygens (including phenoxy) is 1. The highest BCUT2D eigenvalue weighted by Crippen LogP contribution is 2.52. The maximum absolute atomic E-state index is 15.6. The molecule has 1 saturated heterocycles. The molecule has 3 aromatic rings. The lowest BCUT2D eigenvalue weighted by atomic mass is 10.1. The molecule has 3 heterocycles. The number of nitrogens with two attached hydrogens (primary N) is 1. The van der Waals surface area contributed by atoms with Crippen molar-refractivity contribution >= 4 is 46.4 Å². The molecule has 36 heavy (non-hydrogen) atoms. The number of Topliss-reactive ketones (excluding diaryl/α,β-unsaturated/α-hetero) is 1. The minimum absolute atomic E-state index is 0.0649. The number of alkyl halides is 2. The number of imidazole rings is 1. The van der Waals surface area contributed by atoms with E-state index in [4.69, 9.17) is 19.5 Å². The van der Waals surface area contributed by atoms with E-state index in [9.17, 15) is 19.3 Å². The Morgan fingerprint density at radius 1 is 1.44 bits per heavy atom. The van der Waals surface area contributed by atoms with Crippen LogP contribution in [0.5, 0.6) is 5.75 Å². The maximum Gasteiger partial charge on any atom is 0.379 e. The Bertz CT molecular complexity index is 1370. The van der Waals surface area contributed by atoms with Gasteiger partial charge in [-0.1, -0.05) is 25.1 Å². The fourth-order valence-corrected chi connectivity index (χ4v) is 6.23. The van der Waals surface area contributed by atoms with Crippen LogP contribution in [0, 0.1) is 5.92 Å². The average molecular weight is 588 g/mol. The molecular weight excluding hydrogens is 564 g/mol. The first-order chi connectivity index (χ1) is 16.9. The van der Waals surface area contributed by atoms with Crippen LogP contribution >= 0.6 is 23.5 Å². The van der Waals surface area contributed by atoms with Gasteiger partial charge in [0.25, 0.3) is 5.56 Å². The molecule has 4 N–H and O–H groups in total. The number of anilines is 1. The summed E-state index contributed by atoms with van der Waals surface area (Å²) in [6.45, 7) is 2.40. The second kappa shape index (κ2) is 10.0. The molecule has 1 aliphatic rings. The van der Waals surface area contributed by atoms with Crippen molar-refractivity contribution < 1.29 is 32.6 Å². The van der Waals surface area contributed by atoms with Crippen LogP contribution in [0.25, 0.3) is 11.2 Å². The number of halogens is 2. The van der Waals surface area contributed by atoms with Crippen molar-refractivity contribution in [3.63, 3.8) is 0 Å². The van der Waals surface area contributed by atoms with Gasteiger partial charge in [0.2, 0.25) is 10.5 Å². The number of rotatable bonds is 9. The monoisotopic (exact) mass is 587 g/mol. The van der Waals surface area contributed by atoms with Gasteiger partial charge in [-0.05, 0) is 35.0 Å². The van der Waals surface area contributed by atoms with Crippen molar-refractivity contribution in [2.24, 2.45) is 5.92 Å². The van der Waals surface area contributed by atoms with E-state index in [1.54, 1.807) is 37.3 Å². The number of nitrogens with one attached hydrogen (secondary N) is 1. The third-order valence-corrected chi connectivity index (χ3v) is 8.58. The molecule has 0 aliphatic carbocycles. The number of benzene rings is 1. The molecule has 0 spiro atoms. The normalized spacial score (nSPS) is 26.5. The number of aromatic nitrogens is 4. The van der Waals surface area contributed by atoms with Crippen molar-refractivity contribution in [3.05, 3.63) is 47.0 Å². The van der Waals surface area contributed by atoms with Crippen molar-refractivity contribution in [1.82, 2.24) is 19.5 Å². The van der Waals surface area contributed by atoms with Gasteiger partial charge < -0.3 is 20.1 Å². The Balaban J connectivity index is 1.57. The SMILES string of the molecule is CC(=O)[C@H](C)CP(=O)(OC[C@H]1O[C@@H](n2cnc3c(=O)[nH]c(N)nc32)[C@@](F)(Br)C1O)Oc1ccccc1. The van der Waals surface area contributed by atoms with E-state index in [1.807, 2.05) is 0 Å². The quantitative estimate of drug-likeness (QED) is 0.249. The van der Waals surface area contributed by atoms with Crippen LogP contribution in [0.1, 0.15) is 20.1 Å². The molecule has 1 aromatic carbocycles. The first-order valence-electron chi connectivity index (χ1n) is 10.8. The second-order valence-electron chi connectivity index (χ2n) is 8.43. The smallest absolute Gasteiger partial charge is 0.379 e. The lowest BCUT2D eigenvalue weighted by molar-refractivity contribution is -0.119. The van der Waals surface area contributed by atoms with Gasteiger partial charge in [-0.25, -0.2) is 13.9 Å². The summed E-state index contributed by atoms with van der Waals surface area (Å²) >= 11 is 2.86. The molecule has 0 amide bonds. The predicted octanol–water partition coefficient (Wildman–Crippen LogP) is 2.53. The molecule has 12 nitrogen and oxygen atoms in total. The molecule has 2 unspecified atom stereocenters. The lowest BCUT2D eigenvalue weighted by Crippen LogP contribution is -2.38. The summed E-state index contributed by atoms with van der Waals surface area (Å²) in [5.41, 5.74) is 4.80. The highest BCUT2D eigenvalue weighted by atomic mass is 79.9. The van der Waals surface area contributed by atoms with E-state index < -0.39 is 48.7 Å². The van der Waals surface area contributed by atoms with Crippen LogP contribution in [0.4, 0.5) is 10.3 Å². The van der Waals surface area contributed by atoms with Gasteiger partial charge in [0, 0.05) is 5.92 Å². The van der Waals surface area contributed by atoms with Gasteiger partial charge in [-0.3, -0.25) is 23.7 Å². The number of carbonyl (C=O) groups excluding carboxylic acids is 1. The largest absolute Gasteiger partial charge is 0.424 e. The lowest BCUT2D eigenvalue weighted by Gasteiger charge is -2.24. The molecule has 15 heteroatoms. The Morgan fingerprint density at radius 2 is 2.14 bits per heavy atom. The number of H-pyrrole nitrogens is 1. The number of nitrogen functional groups attached to an aromatic ring is 1. The Labute approximate surface area is 212 Å². The van der Waals surface area contributed by atoms with E-state index in [1.165, 1.54) is 6.92 Å². The third kappa shape index (κ3) is 5.23. The predicted molar refractivity (Wildman–Crippen MR) is 131 cm³/mol. The van der Waals surface area contributed by atoms with Crippen LogP contribution in [-0.2, 0) is 18.6 Å². The summed E-state index contributed by atoms with van der Waals surface area (Å²) in [5, 5.41) is 10.7. The standard InChI is InChI=1S/C21H24BrFN5O7P/c1-11(12(2)29)9-36(32,35-13-6-4-3-5-7-13)33-8-14-16(30)21(22,23)19(34-14)28-10-25-15-17(28)26-20(24)27-18(15)31/h3-7,10-11,14,16,19,30H,8-9H2,1-2H3,(H3,24,26,27,31)/t11-,14-,16?,19-,21-,36?/m1/s1. The van der Waals surface area contributed by atoms with Crippen molar-refractivity contribution in [3.8, 4) is 5.75 Å². The van der Waals surface area contributed by atoms with E-state index in [0.29, 0.717) is 0 Å². The highest BCUT2D eigenvalue weighted by molar-refractivity contribution is 9.10. The average Bonchev–Trinajstić information content (AvgIpc) is 3.31. The zero-order valence-corrected chi connectivity index (χ0v) is 21.7. The van der Waals surface area contributed by atoms with Crippen LogP contribution in [0.15, 0.2) is 41.5 Å². The summed E-state index contributed by atoms with van der Waals surface area (Å²) in [4.78, 5) is 34.1. The number of aliphatic hydroxyl groups is 1. The molecule has 194 valence electrons. The molecule has 4 rings (SSSR count). The Morgan fingerprint density at radius 3 is 2.81 bits per heavy atom. The van der Waals surface area contributed by atoms with Crippen LogP contribution in [0.2, 0.25) is 0 Å². The molecule has 2 aromatic heterocycles. The first-order valence-corrected chi connectivity index (χ1v) is 13.4. The van der Waals surface area contributed by atoms with E-state index in [2.05, 4.69) is 30.9 Å². The van der Waals surface area contributed by atoms with Gasteiger partial charge >= 0.3 is 7.60 Å². The summed E-state index contributed by atoms with van der Waals surface area (Å²) in [5.74, 6) is -0.832. The zero-order chi connectivity index (χ0) is 26.3. The fourth-order valence-electron chi connectivity index (χ4n) is 3.63. The number of nitrogens with zero attached hydrogens (tertiary/aromatic N) is 3. The van der Waals surface area contributed by atoms with Crippen molar-refractivity contribution in [2.75, 3.05) is 18.5 Å². The Hall–Kier alpha value is -2.64. The van der Waals surface area contributed by atoms with Crippen LogP contribution in [-0.4, -0.2) is 60.0 Å². The highest BCUT2D eigenvalue weighted by Gasteiger charge is 2.57. The summed E-state index contributed by atoms with van der Waals surface area (Å²) in [6, 6.07) is 8.23. The number of aliphatic hydroxyl groups excluding tert-OH is 1. The third-order valence-electron chi connectivity index (χ3n) is 5.70. The van der Waals surface area contributed by atoms with Gasteiger partial charge in [-0.2, -0.15) is 4.98 Å². The van der Waals surface area contributed by atoms with E-state index in [-0.39, 0.29) is 34.8 Å².